The van der Waals surface area contributed by atoms with Crippen molar-refractivity contribution in [2.45, 2.75) is 84.3 Å². The fourth-order valence-corrected chi connectivity index (χ4v) is 19.4. The van der Waals surface area contributed by atoms with Crippen molar-refractivity contribution in [2.24, 2.45) is 0 Å². The molecule has 0 radical (unpaired) electrons. The van der Waals surface area contributed by atoms with Crippen molar-refractivity contribution in [1.29, 1.82) is 0 Å². The normalized spacial score (nSPS) is 15.3. The van der Waals surface area contributed by atoms with E-state index in [9.17, 15) is 0 Å². The summed E-state index contributed by atoms with van der Waals surface area (Å²) < 4.78 is 21.3. The minimum absolute atomic E-state index is 0.0647. The van der Waals surface area contributed by atoms with E-state index in [0.29, 0.717) is 0 Å². The molecule has 0 saturated carbocycles. The number of hydrogen-bond acceptors (Lipinski definition) is 3. The van der Waals surface area contributed by atoms with Gasteiger partial charge >= 0.3 is 323 Å². The van der Waals surface area contributed by atoms with Gasteiger partial charge in [-0.3, -0.25) is 0 Å². The number of hydrogen-bond donors (Lipinski definition) is 0. The number of nitrogens with zero attached hydrogens (tertiary/aromatic N) is 2. The van der Waals surface area contributed by atoms with Crippen LogP contribution in [0.1, 0.15) is 79.0 Å². The first kappa shape index (κ1) is 33.6. The van der Waals surface area contributed by atoms with Crippen LogP contribution in [0.3, 0.4) is 0 Å². The van der Waals surface area contributed by atoms with E-state index in [2.05, 4.69) is 187 Å². The van der Waals surface area contributed by atoms with Crippen molar-refractivity contribution < 1.29 is 9.47 Å². The van der Waals surface area contributed by atoms with E-state index >= 15 is 0 Å². The zero-order valence-corrected chi connectivity index (χ0v) is 35.2. The predicted molar refractivity (Wildman–Crippen MR) is 229 cm³/mol. The second-order valence-corrected chi connectivity index (χ2v) is 26.7. The van der Waals surface area contributed by atoms with Gasteiger partial charge in [-0.15, -0.1) is 0 Å². The molecule has 0 fully saturated rings. The van der Waals surface area contributed by atoms with Crippen LogP contribution in [-0.2, 0) is 16.2 Å². The Hall–Kier alpha value is -4.94. The number of fused-ring (bicyclic) bond motifs is 3. The number of ether oxygens (including phenoxy) is 2. The number of benzene rings is 6. The summed E-state index contributed by atoms with van der Waals surface area (Å²) in [5, 5.41) is 2.48. The zero-order chi connectivity index (χ0) is 37.7. The fourth-order valence-electron chi connectivity index (χ4n) is 9.55. The molecule has 54 heavy (non-hydrogen) atoms. The third-order valence-corrected chi connectivity index (χ3v) is 21.5. The number of aromatic nitrogens is 1. The molecule has 5 heteroatoms. The third kappa shape index (κ3) is 4.49. The molecule has 4 heterocycles. The van der Waals surface area contributed by atoms with Crippen molar-refractivity contribution >= 4 is 65.3 Å². The van der Waals surface area contributed by atoms with E-state index < -0.39 is 13.3 Å². The van der Waals surface area contributed by atoms with Crippen LogP contribution < -0.4 is 27.6 Å². The van der Waals surface area contributed by atoms with Gasteiger partial charge in [0, 0.05) is 0 Å². The maximum absolute atomic E-state index is 7.41. The first-order chi connectivity index (χ1) is 25.6. The van der Waals surface area contributed by atoms with Gasteiger partial charge < -0.3 is 0 Å². The predicted octanol–water partition coefficient (Wildman–Crippen LogP) is 11.8. The van der Waals surface area contributed by atoms with Gasteiger partial charge in [-0.05, 0) is 0 Å². The molecule has 270 valence electrons. The summed E-state index contributed by atoms with van der Waals surface area (Å²) in [6, 6.07) is 40.6. The Balaban J connectivity index is 1.31. The van der Waals surface area contributed by atoms with E-state index in [-0.39, 0.29) is 16.2 Å². The molecule has 10 rings (SSSR count). The van der Waals surface area contributed by atoms with E-state index in [1.54, 1.807) is 0 Å². The van der Waals surface area contributed by atoms with Crippen molar-refractivity contribution in [3.8, 4) is 28.7 Å². The molecule has 0 spiro atoms. The van der Waals surface area contributed by atoms with Crippen molar-refractivity contribution in [3.05, 3.63) is 126 Å². The molecular weight excluding hydrogens is 721 g/mol. The van der Waals surface area contributed by atoms with Gasteiger partial charge in [0.2, 0.25) is 0 Å². The molecule has 0 atom stereocenters. The van der Waals surface area contributed by atoms with Crippen LogP contribution in [-0.4, -0.2) is 17.8 Å². The van der Waals surface area contributed by atoms with Crippen LogP contribution in [0.25, 0.3) is 27.5 Å². The maximum atomic E-state index is 7.41. The van der Waals surface area contributed by atoms with Gasteiger partial charge in [0.1, 0.15) is 0 Å². The molecule has 6 aromatic carbocycles. The summed E-state index contributed by atoms with van der Waals surface area (Å²) in [5.41, 5.74) is 10.6. The van der Waals surface area contributed by atoms with Crippen molar-refractivity contribution in [1.82, 2.24) is 4.57 Å². The molecule has 7 aromatic rings. The Kier molecular flexibility index (Phi) is 6.75. The Morgan fingerprint density at radius 1 is 0.481 bits per heavy atom. The summed E-state index contributed by atoms with van der Waals surface area (Å²) in [5.74, 6) is 6.55. The summed E-state index contributed by atoms with van der Waals surface area (Å²) in [6.07, 6.45) is 0. The number of rotatable bonds is 2. The van der Waals surface area contributed by atoms with Crippen molar-refractivity contribution in [3.63, 3.8) is 0 Å². The number of para-hydroxylation sites is 2. The van der Waals surface area contributed by atoms with E-state index in [1.807, 2.05) is 0 Å². The van der Waals surface area contributed by atoms with Gasteiger partial charge in [-0.1, -0.05) is 0 Å². The monoisotopic (exact) mass is 770 g/mol. The molecule has 0 N–H and O–H groups in total. The average Bonchev–Trinajstić information content (AvgIpc) is 3.44. The van der Waals surface area contributed by atoms with Gasteiger partial charge in [-0.2, -0.15) is 0 Å². The SMILES string of the molecule is CC(C)(C)c1ccc(N2c3ccc(C(C)(C)C)c4[c]3[Ge]3([CH3])[c]5c(cc(-n6c7ccccc7c7ccccc76)cc5Oc5c(C(C)(C)C)ccc2[c]53)O4)cc1. The molecule has 1 aromatic heterocycles. The summed E-state index contributed by atoms with van der Waals surface area (Å²) in [7, 11) is 0. The Labute approximate surface area is 321 Å². The van der Waals surface area contributed by atoms with E-state index in [4.69, 9.17) is 9.47 Å². The number of anilines is 3. The van der Waals surface area contributed by atoms with Crippen LogP contribution in [0.2, 0.25) is 5.76 Å². The van der Waals surface area contributed by atoms with Crippen LogP contribution in [0.4, 0.5) is 17.1 Å². The van der Waals surface area contributed by atoms with Crippen molar-refractivity contribution in [2.75, 3.05) is 4.90 Å². The second kappa shape index (κ2) is 10.8. The van der Waals surface area contributed by atoms with E-state index in [0.717, 1.165) is 34.4 Å². The van der Waals surface area contributed by atoms with Gasteiger partial charge in [0.05, 0.1) is 0 Å². The second-order valence-electron chi connectivity index (χ2n) is 18.8. The van der Waals surface area contributed by atoms with Crippen LogP contribution in [0.15, 0.2) is 109 Å². The molecule has 0 amide bonds. The summed E-state index contributed by atoms with van der Waals surface area (Å²) in [4.78, 5) is 2.49. The molecular formula is C49H48GeN2O2. The first-order valence-electron chi connectivity index (χ1n) is 19.4. The molecule has 3 aliphatic heterocycles. The quantitative estimate of drug-likeness (QED) is 0.164. The minimum atomic E-state index is -3.53. The van der Waals surface area contributed by atoms with Gasteiger partial charge in [-0.25, -0.2) is 0 Å². The topological polar surface area (TPSA) is 26.6 Å². The molecule has 0 bridgehead atoms. The molecule has 0 unspecified atom stereocenters. The Morgan fingerprint density at radius 2 is 0.944 bits per heavy atom. The Bertz CT molecular complexity index is 2580. The third-order valence-electron chi connectivity index (χ3n) is 12.2. The average molecular weight is 770 g/mol. The van der Waals surface area contributed by atoms with Crippen LogP contribution in [0.5, 0.6) is 23.0 Å². The Morgan fingerprint density at radius 3 is 1.39 bits per heavy atom. The fraction of sp³-hybridized carbons (Fsp3) is 0.265. The summed E-state index contributed by atoms with van der Waals surface area (Å²) >= 11 is -3.53. The first-order valence-corrected chi connectivity index (χ1v) is 24.6. The molecule has 0 saturated heterocycles. The molecule has 4 nitrogen and oxygen atoms in total. The molecule has 3 aliphatic rings. The standard InChI is InChI=1S/C49H48GeN2O2/c1-47(2,3)29-19-21-30(22-20-29)51-38-25-23-34(48(4,5)6)45-42(38)50(10)43-39(51)26-24-35(49(7,8)9)46(43)54-41-28-31(27-40(53-45)44(41)50)52-36-17-13-11-15-32(36)33-16-12-14-18-37(33)52/h11-28H,1-10H3. The summed E-state index contributed by atoms with van der Waals surface area (Å²) in [6.45, 7) is 20.7. The van der Waals surface area contributed by atoms with Crippen LogP contribution >= 0.6 is 0 Å². The molecule has 0 aliphatic carbocycles. The zero-order valence-electron chi connectivity index (χ0n) is 33.1. The van der Waals surface area contributed by atoms with Crippen LogP contribution in [0, 0.1) is 0 Å². The van der Waals surface area contributed by atoms with Gasteiger partial charge in [0.25, 0.3) is 0 Å². The van der Waals surface area contributed by atoms with E-state index in [1.165, 1.54) is 63.1 Å². The van der Waals surface area contributed by atoms with Gasteiger partial charge in [0.15, 0.2) is 0 Å².